The number of hydrogen-bond donors (Lipinski definition) is 2. The molecule has 0 bridgehead atoms. The van der Waals surface area contributed by atoms with Crippen LogP contribution in [-0.4, -0.2) is 19.0 Å². The van der Waals surface area contributed by atoms with E-state index in [1.54, 1.807) is 0 Å². The summed E-state index contributed by atoms with van der Waals surface area (Å²) < 4.78 is 12.9. The largest absolute Gasteiger partial charge is 0.355 e. The molecule has 1 atom stereocenters. The van der Waals surface area contributed by atoms with E-state index >= 15 is 0 Å². The van der Waals surface area contributed by atoms with Crippen LogP contribution in [0.1, 0.15) is 44.7 Å². The maximum absolute atomic E-state index is 12.9. The van der Waals surface area contributed by atoms with Crippen molar-refractivity contribution >= 4 is 5.91 Å². The number of amides is 1. The highest BCUT2D eigenvalue weighted by Gasteiger charge is 2.10. The topological polar surface area (TPSA) is 41.1 Å². The van der Waals surface area contributed by atoms with E-state index in [0.29, 0.717) is 13.1 Å². The third kappa shape index (κ3) is 6.34. The Morgan fingerprint density at radius 1 is 1.26 bits per heavy atom. The minimum absolute atomic E-state index is 0.0197. The number of carbonyl (C=O) groups is 1. The zero-order valence-electron chi connectivity index (χ0n) is 11.7. The van der Waals surface area contributed by atoms with E-state index in [-0.39, 0.29) is 17.8 Å². The maximum Gasteiger partial charge on any atom is 0.216 e. The van der Waals surface area contributed by atoms with Crippen molar-refractivity contribution in [2.45, 2.75) is 39.2 Å². The van der Waals surface area contributed by atoms with Crippen molar-refractivity contribution < 1.29 is 9.18 Å². The first-order valence-corrected chi connectivity index (χ1v) is 6.86. The number of hydrogen-bond acceptors (Lipinski definition) is 2. The van der Waals surface area contributed by atoms with Gasteiger partial charge in [0.05, 0.1) is 0 Å². The van der Waals surface area contributed by atoms with Gasteiger partial charge in [0, 0.05) is 26.1 Å². The Hall–Kier alpha value is -1.42. The second-order valence-corrected chi connectivity index (χ2v) is 4.68. The zero-order valence-corrected chi connectivity index (χ0v) is 11.7. The lowest BCUT2D eigenvalue weighted by atomic mass is 10.0. The minimum Gasteiger partial charge on any atom is -0.355 e. The number of rotatable bonds is 8. The molecule has 0 aromatic heterocycles. The van der Waals surface area contributed by atoms with Gasteiger partial charge in [-0.1, -0.05) is 31.9 Å². The van der Waals surface area contributed by atoms with Gasteiger partial charge in [0.1, 0.15) is 5.82 Å². The van der Waals surface area contributed by atoms with Gasteiger partial charge in [-0.3, -0.25) is 4.79 Å². The molecule has 0 spiro atoms. The van der Waals surface area contributed by atoms with Crippen molar-refractivity contribution in [3.8, 4) is 0 Å². The Bertz CT molecular complexity index is 378. The molecule has 1 aromatic carbocycles. The Balaban J connectivity index is 2.51. The van der Waals surface area contributed by atoms with E-state index in [1.807, 2.05) is 12.1 Å². The van der Waals surface area contributed by atoms with E-state index in [2.05, 4.69) is 17.6 Å². The van der Waals surface area contributed by atoms with Gasteiger partial charge in [0.25, 0.3) is 0 Å². The predicted molar refractivity (Wildman–Crippen MR) is 75.4 cm³/mol. The second kappa shape index (κ2) is 8.64. The van der Waals surface area contributed by atoms with Gasteiger partial charge in [-0.15, -0.1) is 0 Å². The number of benzene rings is 1. The van der Waals surface area contributed by atoms with Crippen LogP contribution in [-0.2, 0) is 4.79 Å². The molecule has 0 saturated heterocycles. The fourth-order valence-corrected chi connectivity index (χ4v) is 1.97. The SMILES string of the molecule is CCCCC(NCCNC(C)=O)c1ccc(F)cc1. The number of nitrogens with one attached hydrogen (secondary N) is 2. The summed E-state index contributed by atoms with van der Waals surface area (Å²) in [7, 11) is 0. The molecule has 0 aliphatic heterocycles. The van der Waals surface area contributed by atoms with Gasteiger partial charge < -0.3 is 10.6 Å². The second-order valence-electron chi connectivity index (χ2n) is 4.68. The molecule has 106 valence electrons. The summed E-state index contributed by atoms with van der Waals surface area (Å²) in [5, 5.41) is 6.16. The maximum atomic E-state index is 12.9. The van der Waals surface area contributed by atoms with Crippen LogP contribution >= 0.6 is 0 Å². The Kier molecular flexibility index (Phi) is 7.11. The van der Waals surface area contributed by atoms with Crippen molar-refractivity contribution in [3.05, 3.63) is 35.6 Å². The third-order valence-corrected chi connectivity index (χ3v) is 3.01. The molecular formula is C15H23FN2O. The van der Waals surface area contributed by atoms with Gasteiger partial charge in [0.2, 0.25) is 5.91 Å². The number of carbonyl (C=O) groups excluding carboxylic acids is 1. The molecule has 1 amide bonds. The standard InChI is InChI=1S/C15H23FN2O/c1-3-4-5-15(18-11-10-17-12(2)19)13-6-8-14(16)9-7-13/h6-9,15,18H,3-5,10-11H2,1-2H3,(H,17,19). The van der Waals surface area contributed by atoms with Gasteiger partial charge >= 0.3 is 0 Å². The highest BCUT2D eigenvalue weighted by molar-refractivity contribution is 5.72. The summed E-state index contributed by atoms with van der Waals surface area (Å²) in [6.07, 6.45) is 3.27. The molecule has 3 nitrogen and oxygen atoms in total. The van der Waals surface area contributed by atoms with Crippen molar-refractivity contribution in [2.75, 3.05) is 13.1 Å². The molecule has 0 saturated carbocycles. The Morgan fingerprint density at radius 3 is 2.53 bits per heavy atom. The van der Waals surface area contributed by atoms with Crippen molar-refractivity contribution in [3.63, 3.8) is 0 Å². The molecule has 0 aliphatic rings. The fraction of sp³-hybridized carbons (Fsp3) is 0.533. The van der Waals surface area contributed by atoms with Crippen LogP contribution in [0.5, 0.6) is 0 Å². The van der Waals surface area contributed by atoms with Crippen LogP contribution in [0, 0.1) is 5.82 Å². The smallest absolute Gasteiger partial charge is 0.216 e. The Morgan fingerprint density at radius 2 is 1.95 bits per heavy atom. The fourth-order valence-electron chi connectivity index (χ4n) is 1.97. The normalized spacial score (nSPS) is 12.2. The van der Waals surface area contributed by atoms with Crippen molar-refractivity contribution in [1.82, 2.24) is 10.6 Å². The first kappa shape index (κ1) is 15.6. The predicted octanol–water partition coefficient (Wildman–Crippen LogP) is 2.78. The van der Waals surface area contributed by atoms with Crippen LogP contribution in [0.2, 0.25) is 0 Å². The average Bonchev–Trinajstić information content (AvgIpc) is 2.39. The van der Waals surface area contributed by atoms with Gasteiger partial charge in [-0.05, 0) is 24.1 Å². The molecule has 0 fully saturated rings. The lowest BCUT2D eigenvalue weighted by Crippen LogP contribution is -2.32. The minimum atomic E-state index is -0.212. The highest BCUT2D eigenvalue weighted by atomic mass is 19.1. The van der Waals surface area contributed by atoms with Crippen LogP contribution in [0.15, 0.2) is 24.3 Å². The van der Waals surface area contributed by atoms with E-state index < -0.39 is 0 Å². The first-order valence-electron chi connectivity index (χ1n) is 6.86. The van der Waals surface area contributed by atoms with Crippen molar-refractivity contribution in [1.29, 1.82) is 0 Å². The molecule has 19 heavy (non-hydrogen) atoms. The van der Waals surface area contributed by atoms with E-state index in [9.17, 15) is 9.18 Å². The average molecular weight is 266 g/mol. The first-order chi connectivity index (χ1) is 9.13. The van der Waals surface area contributed by atoms with Gasteiger partial charge in [0.15, 0.2) is 0 Å². The van der Waals surface area contributed by atoms with Gasteiger partial charge in [-0.2, -0.15) is 0 Å². The summed E-state index contributed by atoms with van der Waals surface area (Å²) in [5.74, 6) is -0.232. The highest BCUT2D eigenvalue weighted by Crippen LogP contribution is 2.19. The summed E-state index contributed by atoms with van der Waals surface area (Å²) in [6, 6.07) is 6.84. The van der Waals surface area contributed by atoms with Gasteiger partial charge in [-0.25, -0.2) is 4.39 Å². The molecule has 2 N–H and O–H groups in total. The molecule has 1 unspecified atom stereocenters. The molecule has 4 heteroatoms. The van der Waals surface area contributed by atoms with Crippen LogP contribution in [0.25, 0.3) is 0 Å². The zero-order chi connectivity index (χ0) is 14.1. The number of halogens is 1. The molecule has 0 radical (unpaired) electrons. The molecule has 0 aliphatic carbocycles. The summed E-state index contributed by atoms with van der Waals surface area (Å²) in [4.78, 5) is 10.8. The van der Waals surface area contributed by atoms with Crippen LogP contribution < -0.4 is 10.6 Å². The van der Waals surface area contributed by atoms with Crippen LogP contribution in [0.4, 0.5) is 4.39 Å². The molecule has 1 rings (SSSR count). The summed E-state index contributed by atoms with van der Waals surface area (Å²) in [6.45, 7) is 4.98. The molecular weight excluding hydrogens is 243 g/mol. The van der Waals surface area contributed by atoms with Crippen molar-refractivity contribution in [2.24, 2.45) is 0 Å². The van der Waals surface area contributed by atoms with E-state index in [1.165, 1.54) is 19.1 Å². The van der Waals surface area contributed by atoms with E-state index in [0.717, 1.165) is 24.8 Å². The lowest BCUT2D eigenvalue weighted by molar-refractivity contribution is -0.118. The monoisotopic (exact) mass is 266 g/mol. The molecule has 0 heterocycles. The lowest BCUT2D eigenvalue weighted by Gasteiger charge is -2.19. The summed E-state index contributed by atoms with van der Waals surface area (Å²) in [5.41, 5.74) is 1.10. The summed E-state index contributed by atoms with van der Waals surface area (Å²) >= 11 is 0. The van der Waals surface area contributed by atoms with Crippen LogP contribution in [0.3, 0.4) is 0 Å². The number of unbranched alkanes of at least 4 members (excludes halogenated alkanes) is 1. The Labute approximate surface area is 114 Å². The molecule has 1 aromatic rings. The quantitative estimate of drug-likeness (QED) is 0.710. The van der Waals surface area contributed by atoms with E-state index in [4.69, 9.17) is 0 Å². The third-order valence-electron chi connectivity index (χ3n) is 3.01.